The molecule has 1 aromatic rings. The number of nitrogens with one attached hydrogen (secondary N) is 1. The molecule has 0 radical (unpaired) electrons. The van der Waals surface area contributed by atoms with Gasteiger partial charge in [0.15, 0.2) is 11.5 Å². The van der Waals surface area contributed by atoms with Crippen LogP contribution in [0.5, 0.6) is 11.5 Å². The summed E-state index contributed by atoms with van der Waals surface area (Å²) >= 11 is 3.42. The summed E-state index contributed by atoms with van der Waals surface area (Å²) in [5.41, 5.74) is 0.813. The van der Waals surface area contributed by atoms with Crippen molar-refractivity contribution in [2.75, 3.05) is 6.79 Å². The van der Waals surface area contributed by atoms with E-state index in [4.69, 9.17) is 9.47 Å². The Morgan fingerprint density at radius 2 is 2.17 bits per heavy atom. The van der Waals surface area contributed by atoms with Gasteiger partial charge < -0.3 is 14.8 Å². The molecule has 5 nitrogen and oxygen atoms in total. The van der Waals surface area contributed by atoms with Gasteiger partial charge in [-0.05, 0) is 58.5 Å². The fourth-order valence-corrected chi connectivity index (χ4v) is 3.74. The Kier molecular flexibility index (Phi) is 5.10. The highest BCUT2D eigenvalue weighted by molar-refractivity contribution is 9.10. The van der Waals surface area contributed by atoms with Crippen molar-refractivity contribution in [2.24, 2.45) is 5.92 Å². The van der Waals surface area contributed by atoms with Gasteiger partial charge in [-0.2, -0.15) is 5.26 Å². The number of nitrogens with zero attached hydrogens (tertiary/aromatic N) is 1. The summed E-state index contributed by atoms with van der Waals surface area (Å²) in [6.45, 7) is 2.32. The molecule has 0 saturated heterocycles. The van der Waals surface area contributed by atoms with E-state index in [0.29, 0.717) is 17.4 Å². The van der Waals surface area contributed by atoms with Gasteiger partial charge in [-0.1, -0.05) is 19.8 Å². The molecule has 1 aliphatic carbocycles. The maximum atomic E-state index is 12.4. The highest BCUT2D eigenvalue weighted by atomic mass is 79.9. The zero-order valence-corrected chi connectivity index (χ0v) is 15.1. The Hall–Kier alpha value is -2.00. The van der Waals surface area contributed by atoms with Crippen LogP contribution in [0.1, 0.15) is 38.2 Å². The van der Waals surface area contributed by atoms with Crippen LogP contribution in [0.4, 0.5) is 0 Å². The molecule has 1 heterocycles. The molecule has 1 N–H and O–H groups in total. The largest absolute Gasteiger partial charge is 0.454 e. The molecule has 0 spiro atoms. The van der Waals surface area contributed by atoms with Crippen LogP contribution in [0.25, 0.3) is 6.08 Å². The van der Waals surface area contributed by atoms with E-state index in [1.54, 1.807) is 18.2 Å². The van der Waals surface area contributed by atoms with E-state index in [-0.39, 0.29) is 24.3 Å². The van der Waals surface area contributed by atoms with Gasteiger partial charge in [0.05, 0.1) is 4.47 Å². The number of carbonyl (C=O) groups excluding carboxylic acids is 1. The number of amides is 1. The first-order valence-corrected chi connectivity index (χ1v) is 8.89. The van der Waals surface area contributed by atoms with Crippen molar-refractivity contribution >= 4 is 27.9 Å². The molecule has 0 bridgehead atoms. The van der Waals surface area contributed by atoms with E-state index >= 15 is 0 Å². The second kappa shape index (κ2) is 7.27. The first-order valence-electron chi connectivity index (χ1n) is 8.10. The Morgan fingerprint density at radius 1 is 1.38 bits per heavy atom. The summed E-state index contributed by atoms with van der Waals surface area (Å²) < 4.78 is 11.4. The zero-order chi connectivity index (χ0) is 17.1. The predicted octanol–water partition coefficient (Wildman–Crippen LogP) is 3.78. The van der Waals surface area contributed by atoms with Crippen LogP contribution in [0, 0.1) is 17.2 Å². The smallest absolute Gasteiger partial charge is 0.262 e. The lowest BCUT2D eigenvalue weighted by Crippen LogP contribution is -2.41. The number of halogens is 1. The molecule has 1 aliphatic heterocycles. The number of fused-ring (bicyclic) bond motifs is 1. The van der Waals surface area contributed by atoms with Crippen molar-refractivity contribution in [3.63, 3.8) is 0 Å². The second-order valence-electron chi connectivity index (χ2n) is 6.25. The summed E-state index contributed by atoms with van der Waals surface area (Å²) in [7, 11) is 0. The third kappa shape index (κ3) is 3.57. The van der Waals surface area contributed by atoms with E-state index < -0.39 is 0 Å². The van der Waals surface area contributed by atoms with Gasteiger partial charge in [-0.3, -0.25) is 4.79 Å². The molecular weight excluding hydrogens is 372 g/mol. The molecule has 1 fully saturated rings. The summed E-state index contributed by atoms with van der Waals surface area (Å²) in [5.74, 6) is 1.38. The van der Waals surface area contributed by atoms with E-state index in [1.165, 1.54) is 6.42 Å². The Labute approximate surface area is 149 Å². The quantitative estimate of drug-likeness (QED) is 0.629. The molecule has 1 saturated carbocycles. The average Bonchev–Trinajstić information content (AvgIpc) is 3.03. The van der Waals surface area contributed by atoms with Crippen LogP contribution in [-0.4, -0.2) is 18.7 Å². The van der Waals surface area contributed by atoms with Crippen LogP contribution < -0.4 is 14.8 Å². The Bertz CT molecular complexity index is 724. The molecule has 24 heavy (non-hydrogen) atoms. The van der Waals surface area contributed by atoms with Gasteiger partial charge in [0.2, 0.25) is 6.79 Å². The molecule has 0 aromatic heterocycles. The lowest BCUT2D eigenvalue weighted by Gasteiger charge is -2.29. The minimum atomic E-state index is -0.315. The van der Waals surface area contributed by atoms with Crippen molar-refractivity contribution in [1.82, 2.24) is 5.32 Å². The number of nitriles is 1. The monoisotopic (exact) mass is 390 g/mol. The van der Waals surface area contributed by atoms with Crippen LogP contribution in [0.2, 0.25) is 0 Å². The SMILES string of the molecule is CC1CCCCC1NC(=O)/C(C#N)=C/c1cc(Br)c2c(c1)OCO2. The summed E-state index contributed by atoms with van der Waals surface area (Å²) in [6.07, 6.45) is 6.00. The van der Waals surface area contributed by atoms with Crippen molar-refractivity contribution in [3.8, 4) is 17.6 Å². The van der Waals surface area contributed by atoms with Crippen molar-refractivity contribution in [1.29, 1.82) is 5.26 Å². The first kappa shape index (κ1) is 16.8. The van der Waals surface area contributed by atoms with E-state index in [0.717, 1.165) is 29.3 Å². The molecule has 2 aliphatic rings. The summed E-state index contributed by atoms with van der Waals surface area (Å²) in [5, 5.41) is 12.4. The molecule has 2 atom stereocenters. The van der Waals surface area contributed by atoms with Crippen LogP contribution in [0.15, 0.2) is 22.2 Å². The number of hydrogen-bond donors (Lipinski definition) is 1. The fourth-order valence-electron chi connectivity index (χ4n) is 3.16. The predicted molar refractivity (Wildman–Crippen MR) is 93.4 cm³/mol. The van der Waals surface area contributed by atoms with E-state index in [9.17, 15) is 10.1 Å². The number of carbonyl (C=O) groups is 1. The molecule has 2 unspecified atom stereocenters. The lowest BCUT2D eigenvalue weighted by molar-refractivity contribution is -0.118. The average molecular weight is 391 g/mol. The first-order chi connectivity index (χ1) is 11.6. The molecular formula is C18H19BrN2O3. The molecule has 6 heteroatoms. The van der Waals surface area contributed by atoms with Gasteiger partial charge in [0.25, 0.3) is 5.91 Å². The van der Waals surface area contributed by atoms with Crippen LogP contribution in [-0.2, 0) is 4.79 Å². The Morgan fingerprint density at radius 3 is 2.92 bits per heavy atom. The second-order valence-corrected chi connectivity index (χ2v) is 7.10. The van der Waals surface area contributed by atoms with Gasteiger partial charge in [-0.15, -0.1) is 0 Å². The van der Waals surface area contributed by atoms with Gasteiger partial charge >= 0.3 is 0 Å². The summed E-state index contributed by atoms with van der Waals surface area (Å²) in [6, 6.07) is 5.72. The van der Waals surface area contributed by atoms with E-state index in [1.807, 2.05) is 6.07 Å². The van der Waals surface area contributed by atoms with E-state index in [2.05, 4.69) is 28.2 Å². The zero-order valence-electron chi connectivity index (χ0n) is 13.5. The molecule has 126 valence electrons. The normalized spacial score (nSPS) is 22.8. The van der Waals surface area contributed by atoms with Crippen molar-refractivity contribution in [2.45, 2.75) is 38.6 Å². The number of rotatable bonds is 3. The third-order valence-corrected chi connectivity index (χ3v) is 5.14. The summed E-state index contributed by atoms with van der Waals surface area (Å²) in [4.78, 5) is 12.4. The lowest BCUT2D eigenvalue weighted by atomic mass is 9.86. The van der Waals surface area contributed by atoms with Crippen molar-refractivity contribution in [3.05, 3.63) is 27.7 Å². The topological polar surface area (TPSA) is 71.4 Å². The maximum absolute atomic E-state index is 12.4. The third-order valence-electron chi connectivity index (χ3n) is 4.55. The highest BCUT2D eigenvalue weighted by Gasteiger charge is 2.24. The Balaban J connectivity index is 1.78. The fraction of sp³-hybridized carbons (Fsp3) is 0.444. The standard InChI is InChI=1S/C18H19BrN2O3/c1-11-4-2-3-5-15(11)21-18(22)13(9-20)6-12-7-14(19)17-16(8-12)23-10-24-17/h6-8,11,15H,2-5,10H2,1H3,(H,21,22)/b13-6+. The van der Waals surface area contributed by atoms with Crippen molar-refractivity contribution < 1.29 is 14.3 Å². The van der Waals surface area contributed by atoms with Crippen LogP contribution >= 0.6 is 15.9 Å². The molecule has 1 amide bonds. The van der Waals surface area contributed by atoms with Crippen LogP contribution in [0.3, 0.4) is 0 Å². The number of benzene rings is 1. The maximum Gasteiger partial charge on any atom is 0.262 e. The van der Waals surface area contributed by atoms with Gasteiger partial charge in [0, 0.05) is 6.04 Å². The number of hydrogen-bond acceptors (Lipinski definition) is 4. The van der Waals surface area contributed by atoms with Gasteiger partial charge in [0.1, 0.15) is 11.6 Å². The minimum absolute atomic E-state index is 0.0959. The van der Waals surface area contributed by atoms with Gasteiger partial charge in [-0.25, -0.2) is 0 Å². The molecule has 3 rings (SSSR count). The minimum Gasteiger partial charge on any atom is -0.454 e. The molecule has 1 aromatic carbocycles. The number of ether oxygens (including phenoxy) is 2. The highest BCUT2D eigenvalue weighted by Crippen LogP contribution is 2.40.